The van der Waals surface area contributed by atoms with Crippen LogP contribution in [0.3, 0.4) is 0 Å². The number of carboxylic acids is 1. The molecule has 1 aliphatic heterocycles. The number of aliphatic hydroxyl groups excluding tert-OH is 1. The van der Waals surface area contributed by atoms with E-state index in [1.54, 1.807) is 0 Å². The molecule has 1 aromatic rings. The maximum absolute atomic E-state index is 11.0. The van der Waals surface area contributed by atoms with Crippen LogP contribution in [0.15, 0.2) is 30.3 Å². The second-order valence-electron chi connectivity index (χ2n) is 4.52. The van der Waals surface area contributed by atoms with Gasteiger partial charge in [-0.3, -0.25) is 0 Å². The Hall–Kier alpha value is -1.66. The lowest BCUT2D eigenvalue weighted by atomic mass is 10.2. The third-order valence-electron chi connectivity index (χ3n) is 3.10. The van der Waals surface area contributed by atoms with Crippen LogP contribution in [0.5, 0.6) is 0 Å². The molecule has 1 aromatic carbocycles. The molecule has 2 atom stereocenters. The van der Waals surface area contributed by atoms with Gasteiger partial charge in [0, 0.05) is 19.5 Å². The lowest BCUT2D eigenvalue weighted by Gasteiger charge is -2.27. The first kappa shape index (κ1) is 13.8. The molecule has 0 unspecified atom stereocenters. The van der Waals surface area contributed by atoms with Crippen LogP contribution in [-0.2, 0) is 11.3 Å². The quantitative estimate of drug-likeness (QED) is 0.709. The molecule has 0 radical (unpaired) electrons. The highest BCUT2D eigenvalue weighted by Gasteiger charge is 2.33. The van der Waals surface area contributed by atoms with Gasteiger partial charge in [-0.1, -0.05) is 30.3 Å². The Morgan fingerprint density at radius 1 is 1.47 bits per heavy atom. The number of aliphatic hydroxyl groups is 1. The summed E-state index contributed by atoms with van der Waals surface area (Å²) in [6, 6.07) is 8.80. The highest BCUT2D eigenvalue weighted by molar-refractivity contribution is 7.80. The molecule has 19 heavy (non-hydrogen) atoms. The molecule has 102 valence electrons. The van der Waals surface area contributed by atoms with Crippen LogP contribution in [0, 0.1) is 0 Å². The largest absolute Gasteiger partial charge is 0.548 e. The van der Waals surface area contributed by atoms with E-state index in [0.29, 0.717) is 11.7 Å². The molecule has 5 nitrogen and oxygen atoms in total. The second-order valence-corrected chi connectivity index (χ2v) is 4.91. The summed E-state index contributed by atoms with van der Waals surface area (Å²) in [5.41, 5.74) is 1.05. The molecular weight excluding hydrogens is 264 g/mol. The lowest BCUT2D eigenvalue weighted by molar-refractivity contribution is -0.310. The number of β-amino-alcohol motifs (C(OH)–C–C–N with tert-alkyl or cyclic N) is 1. The van der Waals surface area contributed by atoms with Gasteiger partial charge in [0.15, 0.2) is 5.11 Å². The van der Waals surface area contributed by atoms with Crippen LogP contribution in [0.2, 0.25) is 0 Å². The van der Waals surface area contributed by atoms with Crippen LogP contribution in [0.4, 0.5) is 0 Å². The van der Waals surface area contributed by atoms with Gasteiger partial charge in [0.25, 0.3) is 0 Å². The fourth-order valence-electron chi connectivity index (χ4n) is 2.14. The fraction of sp³-hybridized carbons (Fsp3) is 0.385. The summed E-state index contributed by atoms with van der Waals surface area (Å²) in [5, 5.41) is 23.8. The van der Waals surface area contributed by atoms with Gasteiger partial charge in [-0.25, -0.2) is 0 Å². The number of hydrogen-bond donors (Lipinski definition) is 2. The molecule has 0 amide bonds. The van der Waals surface area contributed by atoms with Gasteiger partial charge in [-0.2, -0.15) is 0 Å². The Morgan fingerprint density at radius 3 is 2.79 bits per heavy atom. The molecule has 0 bridgehead atoms. The van der Waals surface area contributed by atoms with Crippen molar-refractivity contribution in [3.63, 3.8) is 0 Å². The number of thiocarbonyl (C=S) groups is 1. The van der Waals surface area contributed by atoms with Crippen molar-refractivity contribution < 1.29 is 15.0 Å². The van der Waals surface area contributed by atoms with E-state index in [0.717, 1.165) is 5.56 Å². The molecule has 2 rings (SSSR count). The number of likely N-dealkylation sites (tertiary alicyclic amines) is 1. The molecule has 1 saturated heterocycles. The van der Waals surface area contributed by atoms with Gasteiger partial charge >= 0.3 is 0 Å². The zero-order valence-corrected chi connectivity index (χ0v) is 11.1. The van der Waals surface area contributed by atoms with E-state index in [1.165, 1.54) is 4.90 Å². The van der Waals surface area contributed by atoms with Crippen LogP contribution >= 0.6 is 12.2 Å². The van der Waals surface area contributed by atoms with Crippen molar-refractivity contribution in [3.05, 3.63) is 35.9 Å². The van der Waals surface area contributed by atoms with Crippen molar-refractivity contribution in [3.8, 4) is 0 Å². The van der Waals surface area contributed by atoms with Crippen molar-refractivity contribution in [1.29, 1.82) is 0 Å². The van der Waals surface area contributed by atoms with Crippen LogP contribution in [-0.4, -0.2) is 39.8 Å². The van der Waals surface area contributed by atoms with E-state index >= 15 is 0 Å². The second kappa shape index (κ2) is 5.99. The van der Waals surface area contributed by atoms with E-state index in [4.69, 9.17) is 12.2 Å². The van der Waals surface area contributed by atoms with Gasteiger partial charge in [-0.15, -0.1) is 0 Å². The van der Waals surface area contributed by atoms with E-state index < -0.39 is 18.1 Å². The van der Waals surface area contributed by atoms with E-state index in [9.17, 15) is 15.0 Å². The number of hydrogen-bond acceptors (Lipinski definition) is 4. The first-order valence-electron chi connectivity index (χ1n) is 6.05. The van der Waals surface area contributed by atoms with Crippen molar-refractivity contribution in [2.45, 2.75) is 25.1 Å². The number of aliphatic carboxylic acids is 1. The number of carbonyl (C=O) groups excluding carboxylic acids is 1. The summed E-state index contributed by atoms with van der Waals surface area (Å²) in [7, 11) is 0. The maximum Gasteiger partial charge on any atom is 0.169 e. The molecule has 1 fully saturated rings. The van der Waals surface area contributed by atoms with Crippen molar-refractivity contribution in [2.75, 3.05) is 6.54 Å². The normalized spacial score (nSPS) is 22.3. The van der Waals surface area contributed by atoms with Gasteiger partial charge in [-0.05, 0) is 17.8 Å². The van der Waals surface area contributed by atoms with Crippen LogP contribution in [0.1, 0.15) is 12.0 Å². The number of nitrogens with one attached hydrogen (secondary N) is 1. The number of rotatable bonds is 3. The van der Waals surface area contributed by atoms with Gasteiger partial charge in [0.1, 0.15) is 0 Å². The van der Waals surface area contributed by atoms with E-state index in [2.05, 4.69) is 5.32 Å². The number of benzene rings is 1. The summed E-state index contributed by atoms with van der Waals surface area (Å²) in [5.74, 6) is -1.21. The highest BCUT2D eigenvalue weighted by atomic mass is 32.1. The zero-order chi connectivity index (χ0) is 13.8. The van der Waals surface area contributed by atoms with Gasteiger partial charge in [0.2, 0.25) is 0 Å². The Kier molecular flexibility index (Phi) is 4.34. The monoisotopic (exact) mass is 279 g/mol. The van der Waals surface area contributed by atoms with Crippen molar-refractivity contribution >= 4 is 23.3 Å². The minimum atomic E-state index is -1.21. The van der Waals surface area contributed by atoms with Crippen molar-refractivity contribution in [2.24, 2.45) is 0 Å². The van der Waals surface area contributed by atoms with Crippen LogP contribution in [0.25, 0.3) is 0 Å². The molecule has 6 heteroatoms. The van der Waals surface area contributed by atoms with E-state index in [1.807, 2.05) is 30.3 Å². The number of carbonyl (C=O) groups is 1. The Bertz CT molecular complexity index is 466. The Labute approximate surface area is 116 Å². The molecule has 0 saturated carbocycles. The highest BCUT2D eigenvalue weighted by Crippen LogP contribution is 2.17. The molecule has 0 aliphatic carbocycles. The van der Waals surface area contributed by atoms with Crippen molar-refractivity contribution in [1.82, 2.24) is 10.2 Å². The third-order valence-corrected chi connectivity index (χ3v) is 3.48. The summed E-state index contributed by atoms with van der Waals surface area (Å²) in [6.07, 6.45) is -0.533. The third kappa shape index (κ3) is 3.42. The molecular formula is C13H15N2O3S-. The minimum Gasteiger partial charge on any atom is -0.548 e. The minimum absolute atomic E-state index is 0.148. The predicted octanol–water partition coefficient (Wildman–Crippen LogP) is -0.754. The molecule has 1 heterocycles. The molecule has 1 aliphatic rings. The average molecular weight is 279 g/mol. The Balaban J connectivity index is 1.94. The first-order chi connectivity index (χ1) is 9.08. The molecule has 0 aromatic heterocycles. The summed E-state index contributed by atoms with van der Waals surface area (Å²) in [6.45, 7) is 0.741. The SMILES string of the molecule is O=C([O-])[C@@H]1C[C@H](O)CN1C(=S)NCc1ccccc1. The maximum atomic E-state index is 11.0. The van der Waals surface area contributed by atoms with Gasteiger partial charge < -0.3 is 25.2 Å². The number of nitrogens with zero attached hydrogens (tertiary/aromatic N) is 1. The zero-order valence-electron chi connectivity index (χ0n) is 10.3. The molecule has 2 N–H and O–H groups in total. The number of carboxylic acid groups (broad SMARTS) is 1. The Morgan fingerprint density at radius 2 is 2.16 bits per heavy atom. The standard InChI is InChI=1S/C13H16N2O3S/c16-10-6-11(12(17)18)15(8-10)13(19)14-7-9-4-2-1-3-5-9/h1-5,10-11,16H,6-8H2,(H,14,19)(H,17,18)/p-1/t10-,11-/m0/s1. The summed E-state index contributed by atoms with van der Waals surface area (Å²) in [4.78, 5) is 12.5. The summed E-state index contributed by atoms with van der Waals surface area (Å²) < 4.78 is 0. The van der Waals surface area contributed by atoms with E-state index in [-0.39, 0.29) is 13.0 Å². The first-order valence-corrected chi connectivity index (χ1v) is 6.46. The predicted molar refractivity (Wildman–Crippen MR) is 72.0 cm³/mol. The molecule has 0 spiro atoms. The lowest BCUT2D eigenvalue weighted by Crippen LogP contribution is -2.50. The topological polar surface area (TPSA) is 75.6 Å². The summed E-state index contributed by atoms with van der Waals surface area (Å²) >= 11 is 5.17. The fourth-order valence-corrected chi connectivity index (χ4v) is 2.41. The van der Waals surface area contributed by atoms with Gasteiger partial charge in [0.05, 0.1) is 18.1 Å². The smallest absolute Gasteiger partial charge is 0.169 e. The average Bonchev–Trinajstić information content (AvgIpc) is 2.79. The van der Waals surface area contributed by atoms with Crippen LogP contribution < -0.4 is 10.4 Å².